The number of benzene rings is 1. The molecule has 0 bridgehead atoms. The van der Waals surface area contributed by atoms with Crippen LogP contribution in [-0.2, 0) is 12.8 Å². The first-order chi connectivity index (χ1) is 7.54. The summed E-state index contributed by atoms with van der Waals surface area (Å²) in [5, 5.41) is 17.2. The molecule has 0 aromatic heterocycles. The Balaban J connectivity index is 3.42. The average molecular weight is 238 g/mol. The molecule has 1 rings (SSSR count). The summed E-state index contributed by atoms with van der Waals surface area (Å²) in [6.07, 6.45) is -0.676. The minimum absolute atomic E-state index is 0.338. The highest BCUT2D eigenvalue weighted by atomic mass is 19.2. The van der Waals surface area contributed by atoms with Gasteiger partial charge in [-0.05, 0) is 24.0 Å². The van der Waals surface area contributed by atoms with E-state index in [1.54, 1.807) is 0 Å². The van der Waals surface area contributed by atoms with Crippen molar-refractivity contribution in [1.29, 1.82) is 0 Å². The molecule has 0 aliphatic carbocycles. The largest absolute Gasteiger partial charge is 0.396 e. The maximum atomic E-state index is 13.2. The SMILES string of the molecule is OCCc1c(F)c(F)c(F)c(F)c1CCO. The second kappa shape index (κ2) is 5.27. The fraction of sp³-hybridized carbons (Fsp3) is 0.400. The Labute approximate surface area is 89.1 Å². The summed E-state index contributed by atoms with van der Waals surface area (Å²) in [4.78, 5) is 0. The van der Waals surface area contributed by atoms with Crippen LogP contribution in [0, 0.1) is 23.3 Å². The van der Waals surface area contributed by atoms with E-state index in [1.165, 1.54) is 0 Å². The van der Waals surface area contributed by atoms with Gasteiger partial charge in [0.1, 0.15) is 0 Å². The van der Waals surface area contributed by atoms with Crippen LogP contribution in [0.2, 0.25) is 0 Å². The second-order valence-electron chi connectivity index (χ2n) is 3.16. The van der Waals surface area contributed by atoms with Gasteiger partial charge in [0.05, 0.1) is 0 Å². The van der Waals surface area contributed by atoms with Crippen LogP contribution in [0.15, 0.2) is 0 Å². The first kappa shape index (κ1) is 12.9. The molecule has 6 heteroatoms. The third kappa shape index (κ3) is 2.17. The van der Waals surface area contributed by atoms with E-state index in [4.69, 9.17) is 10.2 Å². The monoisotopic (exact) mass is 238 g/mol. The number of aliphatic hydroxyl groups is 2. The zero-order valence-corrected chi connectivity index (χ0v) is 8.23. The third-order valence-corrected chi connectivity index (χ3v) is 2.20. The molecule has 0 spiro atoms. The summed E-state index contributed by atoms with van der Waals surface area (Å²) in [6.45, 7) is -1.06. The molecule has 1 aromatic carbocycles. The summed E-state index contributed by atoms with van der Waals surface area (Å²) in [5.41, 5.74) is -0.874. The van der Waals surface area contributed by atoms with Crippen LogP contribution in [0.4, 0.5) is 17.6 Å². The van der Waals surface area contributed by atoms with Crippen molar-refractivity contribution in [2.75, 3.05) is 13.2 Å². The highest BCUT2D eigenvalue weighted by Gasteiger charge is 2.24. The van der Waals surface area contributed by atoms with E-state index < -0.39 is 47.6 Å². The molecule has 0 atom stereocenters. The topological polar surface area (TPSA) is 40.5 Å². The average Bonchev–Trinajstić information content (AvgIpc) is 2.28. The van der Waals surface area contributed by atoms with E-state index >= 15 is 0 Å². The predicted octanol–water partition coefficient (Wildman–Crippen LogP) is 1.31. The zero-order chi connectivity index (χ0) is 12.3. The van der Waals surface area contributed by atoms with Crippen LogP contribution >= 0.6 is 0 Å². The lowest BCUT2D eigenvalue weighted by Gasteiger charge is -2.11. The van der Waals surface area contributed by atoms with E-state index in [0.717, 1.165) is 0 Å². The van der Waals surface area contributed by atoms with Gasteiger partial charge in [-0.1, -0.05) is 0 Å². The van der Waals surface area contributed by atoms with Crippen LogP contribution in [0.5, 0.6) is 0 Å². The maximum absolute atomic E-state index is 13.2. The minimum atomic E-state index is -1.90. The number of halogens is 4. The van der Waals surface area contributed by atoms with Crippen molar-refractivity contribution >= 4 is 0 Å². The Bertz CT molecular complexity index is 356. The molecule has 0 aliphatic heterocycles. The van der Waals surface area contributed by atoms with Crippen LogP contribution in [0.25, 0.3) is 0 Å². The minimum Gasteiger partial charge on any atom is -0.396 e. The van der Waals surface area contributed by atoms with Crippen molar-refractivity contribution in [3.8, 4) is 0 Å². The van der Waals surface area contributed by atoms with Gasteiger partial charge in [0.25, 0.3) is 0 Å². The molecule has 0 saturated heterocycles. The van der Waals surface area contributed by atoms with E-state index in [-0.39, 0.29) is 12.8 Å². The molecule has 0 radical (unpaired) electrons. The van der Waals surface area contributed by atoms with Gasteiger partial charge in [-0.2, -0.15) is 0 Å². The molecule has 2 nitrogen and oxygen atoms in total. The van der Waals surface area contributed by atoms with Gasteiger partial charge >= 0.3 is 0 Å². The fourth-order valence-electron chi connectivity index (χ4n) is 1.47. The molecule has 0 unspecified atom stereocenters. The Hall–Kier alpha value is -1.14. The fourth-order valence-corrected chi connectivity index (χ4v) is 1.47. The summed E-state index contributed by atoms with van der Waals surface area (Å²) in [6, 6.07) is 0. The van der Waals surface area contributed by atoms with E-state index in [9.17, 15) is 17.6 Å². The predicted molar refractivity (Wildman–Crippen MR) is 47.9 cm³/mol. The molecule has 0 saturated carbocycles. The lowest BCUT2D eigenvalue weighted by Crippen LogP contribution is -2.11. The van der Waals surface area contributed by atoms with Crippen molar-refractivity contribution in [3.05, 3.63) is 34.4 Å². The van der Waals surface area contributed by atoms with Crippen LogP contribution in [0.1, 0.15) is 11.1 Å². The van der Waals surface area contributed by atoms with Gasteiger partial charge in [0, 0.05) is 13.2 Å². The molecule has 2 N–H and O–H groups in total. The van der Waals surface area contributed by atoms with Gasteiger partial charge in [0.15, 0.2) is 23.3 Å². The molecule has 16 heavy (non-hydrogen) atoms. The standard InChI is InChI=1S/C10H10F4O2/c11-7-5(1-3-15)6(2-4-16)8(12)10(14)9(7)13/h15-16H,1-4H2. The van der Waals surface area contributed by atoms with Crippen LogP contribution in [0.3, 0.4) is 0 Å². The van der Waals surface area contributed by atoms with Crippen LogP contribution in [-0.4, -0.2) is 23.4 Å². The summed E-state index contributed by atoms with van der Waals surface area (Å²) >= 11 is 0. The van der Waals surface area contributed by atoms with Gasteiger partial charge in [-0.25, -0.2) is 17.6 Å². The normalized spacial score (nSPS) is 10.9. The van der Waals surface area contributed by atoms with Gasteiger partial charge in [-0.15, -0.1) is 0 Å². The molecule has 0 amide bonds. The molecule has 0 heterocycles. The van der Waals surface area contributed by atoms with Crippen molar-refractivity contribution in [2.45, 2.75) is 12.8 Å². The van der Waals surface area contributed by atoms with Crippen LogP contribution < -0.4 is 0 Å². The lowest BCUT2D eigenvalue weighted by molar-refractivity contribution is 0.285. The van der Waals surface area contributed by atoms with E-state index in [2.05, 4.69) is 0 Å². The molecule has 0 aliphatic rings. The van der Waals surface area contributed by atoms with Crippen molar-refractivity contribution in [1.82, 2.24) is 0 Å². The van der Waals surface area contributed by atoms with Gasteiger partial charge in [-0.3, -0.25) is 0 Å². The zero-order valence-electron chi connectivity index (χ0n) is 8.23. The number of hydrogen-bond donors (Lipinski definition) is 2. The summed E-state index contributed by atoms with van der Waals surface area (Å²) < 4.78 is 52.2. The first-order valence-corrected chi connectivity index (χ1v) is 4.60. The quantitative estimate of drug-likeness (QED) is 0.471. The Morgan fingerprint density at radius 1 is 0.625 bits per heavy atom. The van der Waals surface area contributed by atoms with E-state index in [1.807, 2.05) is 0 Å². The third-order valence-electron chi connectivity index (χ3n) is 2.20. The second-order valence-corrected chi connectivity index (χ2v) is 3.16. The summed E-state index contributed by atoms with van der Waals surface area (Å²) in [5.74, 6) is -6.84. The van der Waals surface area contributed by atoms with Gasteiger partial charge < -0.3 is 10.2 Å². The lowest BCUT2D eigenvalue weighted by atomic mass is 10.00. The molecule has 0 fully saturated rings. The highest BCUT2D eigenvalue weighted by Crippen LogP contribution is 2.25. The maximum Gasteiger partial charge on any atom is 0.197 e. The molecule has 1 aromatic rings. The Kier molecular flexibility index (Phi) is 4.26. The molecule has 90 valence electrons. The number of rotatable bonds is 4. The first-order valence-electron chi connectivity index (χ1n) is 4.60. The molecular formula is C10H10F4O2. The Morgan fingerprint density at radius 3 is 1.19 bits per heavy atom. The van der Waals surface area contributed by atoms with Crippen molar-refractivity contribution < 1.29 is 27.8 Å². The Morgan fingerprint density at radius 2 is 0.938 bits per heavy atom. The summed E-state index contributed by atoms with van der Waals surface area (Å²) in [7, 11) is 0. The highest BCUT2D eigenvalue weighted by molar-refractivity contribution is 5.32. The van der Waals surface area contributed by atoms with Crippen molar-refractivity contribution in [3.63, 3.8) is 0 Å². The van der Waals surface area contributed by atoms with Gasteiger partial charge in [0.2, 0.25) is 0 Å². The smallest absolute Gasteiger partial charge is 0.197 e. The van der Waals surface area contributed by atoms with E-state index in [0.29, 0.717) is 0 Å². The number of hydrogen-bond acceptors (Lipinski definition) is 2. The number of aliphatic hydroxyl groups excluding tert-OH is 2. The van der Waals surface area contributed by atoms with Crippen molar-refractivity contribution in [2.24, 2.45) is 0 Å². The molecular weight excluding hydrogens is 228 g/mol.